The minimum Gasteiger partial charge on any atom is -0.436 e. The van der Waals surface area contributed by atoms with E-state index in [2.05, 4.69) is 6.07 Å². The lowest BCUT2D eigenvalue weighted by atomic mass is 9.74. The smallest absolute Gasteiger partial charge is 0.338 e. The number of nitrogens with zero attached hydrogens (tertiary/aromatic N) is 5. The number of para-hydroxylation sites is 2. The van der Waals surface area contributed by atoms with Crippen LogP contribution in [0.4, 0.5) is 0 Å². The fraction of sp³-hybridized carbons (Fsp3) is 0.306. The average molecular weight is 601 g/mol. The van der Waals surface area contributed by atoms with Crippen molar-refractivity contribution < 1.29 is 23.3 Å². The van der Waals surface area contributed by atoms with Gasteiger partial charge in [-0.25, -0.2) is 4.98 Å². The van der Waals surface area contributed by atoms with Crippen molar-refractivity contribution in [3.63, 3.8) is 0 Å². The number of amides is 2. The molecule has 2 aromatic heterocycles. The Kier molecular flexibility index (Phi) is 7.64. The molecular formula is C36H34N5O4+. The molecule has 7 rings (SSSR count). The molecule has 4 heterocycles. The van der Waals surface area contributed by atoms with Crippen LogP contribution in [0, 0.1) is 11.3 Å². The summed E-state index contributed by atoms with van der Waals surface area (Å²) in [5, 5.41) is 10.8. The molecule has 0 atom stereocenters. The van der Waals surface area contributed by atoms with Gasteiger partial charge in [0.05, 0.1) is 22.6 Å². The van der Waals surface area contributed by atoms with Gasteiger partial charge in [0, 0.05) is 37.6 Å². The van der Waals surface area contributed by atoms with E-state index in [0.29, 0.717) is 61.2 Å². The number of piperidine rings is 2. The van der Waals surface area contributed by atoms with E-state index in [1.165, 1.54) is 0 Å². The van der Waals surface area contributed by atoms with Crippen LogP contribution in [-0.4, -0.2) is 52.8 Å². The monoisotopic (exact) mass is 600 g/mol. The number of rotatable bonds is 6. The van der Waals surface area contributed by atoms with Crippen LogP contribution in [0.1, 0.15) is 58.5 Å². The highest BCUT2D eigenvalue weighted by atomic mass is 16.5. The largest absolute Gasteiger partial charge is 0.436 e. The van der Waals surface area contributed by atoms with Gasteiger partial charge in [-0.05, 0) is 68.0 Å². The normalized spacial score (nSPS) is 16.4. The molecule has 0 unspecified atom stereocenters. The number of nitriles is 1. The Morgan fingerprint density at radius 2 is 1.62 bits per heavy atom. The first-order chi connectivity index (χ1) is 22.0. The molecule has 0 spiro atoms. The molecule has 45 heavy (non-hydrogen) atoms. The minimum atomic E-state index is -0.623. The van der Waals surface area contributed by atoms with E-state index in [1.807, 2.05) is 76.2 Å². The van der Waals surface area contributed by atoms with Crippen molar-refractivity contribution in [2.24, 2.45) is 0 Å². The molecule has 0 radical (unpaired) electrons. The standard InChI is InChI=1S/C36H34N5O4/c37-23-36(26-9-3-1-4-10-26)15-19-40(20-16-36)35(43)31-22-29(34(42)39-17-7-2-8-18-39)28-21-27(13-14-30(28)38-31)44-24-41-25-45-33-12-6-5-11-32(33)41/h1,3-6,9-14,21-22,25H,2,7-8,15-20,24H2/q+1. The molecule has 2 aliphatic heterocycles. The second-order valence-electron chi connectivity index (χ2n) is 11.9. The zero-order chi connectivity index (χ0) is 30.8. The Morgan fingerprint density at radius 1 is 0.889 bits per heavy atom. The highest BCUT2D eigenvalue weighted by Crippen LogP contribution is 2.35. The number of carbonyl (C=O) groups excluding carboxylic acids is 2. The summed E-state index contributed by atoms with van der Waals surface area (Å²) in [5.41, 5.74) is 3.28. The summed E-state index contributed by atoms with van der Waals surface area (Å²) in [6.45, 7) is 2.47. The molecule has 5 aromatic rings. The molecular weight excluding hydrogens is 566 g/mol. The highest BCUT2D eigenvalue weighted by molar-refractivity contribution is 6.09. The summed E-state index contributed by atoms with van der Waals surface area (Å²) in [4.78, 5) is 36.2. The van der Waals surface area contributed by atoms with Gasteiger partial charge < -0.3 is 19.0 Å². The van der Waals surface area contributed by atoms with Gasteiger partial charge in [-0.1, -0.05) is 42.5 Å². The molecule has 2 aliphatic rings. The third-order valence-electron chi connectivity index (χ3n) is 9.17. The summed E-state index contributed by atoms with van der Waals surface area (Å²) in [6.07, 6.45) is 5.72. The van der Waals surface area contributed by atoms with Crippen LogP contribution in [0.5, 0.6) is 5.75 Å². The number of ether oxygens (including phenoxy) is 1. The zero-order valence-electron chi connectivity index (χ0n) is 25.0. The van der Waals surface area contributed by atoms with Gasteiger partial charge >= 0.3 is 6.39 Å². The molecule has 0 saturated carbocycles. The Hall–Kier alpha value is -5.23. The van der Waals surface area contributed by atoms with Gasteiger partial charge in [0.2, 0.25) is 5.58 Å². The number of fused-ring (bicyclic) bond motifs is 2. The minimum absolute atomic E-state index is 0.102. The van der Waals surface area contributed by atoms with Gasteiger partial charge in [0.25, 0.3) is 24.1 Å². The lowest BCUT2D eigenvalue weighted by Gasteiger charge is -2.37. The number of likely N-dealkylation sites (tertiary alicyclic amines) is 2. The first kappa shape index (κ1) is 28.5. The summed E-state index contributed by atoms with van der Waals surface area (Å²) in [6, 6.07) is 27.1. The molecule has 0 bridgehead atoms. The SMILES string of the molecule is N#CC1(c2ccccc2)CCN(C(=O)c2cc(C(=O)N3CCCCC3)c3cc(OC[n+]4coc5ccccc54)ccc3n2)CC1. The Bertz CT molecular complexity index is 1910. The summed E-state index contributed by atoms with van der Waals surface area (Å²) >= 11 is 0. The van der Waals surface area contributed by atoms with E-state index < -0.39 is 5.41 Å². The molecule has 2 fully saturated rings. The first-order valence-electron chi connectivity index (χ1n) is 15.5. The quantitative estimate of drug-likeness (QED) is 0.234. The van der Waals surface area contributed by atoms with Gasteiger partial charge in [-0.3, -0.25) is 9.59 Å². The maximum absolute atomic E-state index is 13.9. The lowest BCUT2D eigenvalue weighted by molar-refractivity contribution is -0.704. The average Bonchev–Trinajstić information content (AvgIpc) is 3.53. The van der Waals surface area contributed by atoms with Gasteiger partial charge in [-0.15, -0.1) is 4.57 Å². The fourth-order valence-electron chi connectivity index (χ4n) is 6.54. The number of benzene rings is 3. The number of hydrogen-bond donors (Lipinski definition) is 0. The van der Waals surface area contributed by atoms with E-state index in [1.54, 1.807) is 23.4 Å². The lowest BCUT2D eigenvalue weighted by Crippen LogP contribution is -2.45. The highest BCUT2D eigenvalue weighted by Gasteiger charge is 2.38. The molecule has 0 N–H and O–H groups in total. The summed E-state index contributed by atoms with van der Waals surface area (Å²) in [7, 11) is 0. The molecule has 3 aromatic carbocycles. The second kappa shape index (κ2) is 12.0. The molecule has 2 saturated heterocycles. The van der Waals surface area contributed by atoms with Crippen LogP contribution in [-0.2, 0) is 12.1 Å². The van der Waals surface area contributed by atoms with E-state index in [-0.39, 0.29) is 24.2 Å². The molecule has 9 nitrogen and oxygen atoms in total. The number of pyridine rings is 1. The molecule has 0 aliphatic carbocycles. The van der Waals surface area contributed by atoms with Crippen LogP contribution < -0.4 is 9.30 Å². The maximum atomic E-state index is 13.9. The summed E-state index contributed by atoms with van der Waals surface area (Å²) < 4.78 is 13.6. The van der Waals surface area contributed by atoms with Crippen molar-refractivity contribution in [1.29, 1.82) is 5.26 Å². The topological polar surface area (TPSA) is 104 Å². The number of aromatic nitrogens is 2. The van der Waals surface area contributed by atoms with Crippen LogP contribution >= 0.6 is 0 Å². The molecule has 2 amide bonds. The summed E-state index contributed by atoms with van der Waals surface area (Å²) in [5.74, 6) is 0.251. The third kappa shape index (κ3) is 5.48. The second-order valence-corrected chi connectivity index (χ2v) is 11.9. The predicted octanol–water partition coefficient (Wildman–Crippen LogP) is 5.63. The van der Waals surface area contributed by atoms with Crippen molar-refractivity contribution in [2.75, 3.05) is 26.2 Å². The number of carbonyl (C=O) groups is 2. The van der Waals surface area contributed by atoms with Crippen LogP contribution in [0.2, 0.25) is 0 Å². The van der Waals surface area contributed by atoms with Crippen LogP contribution in [0.25, 0.3) is 22.0 Å². The zero-order valence-corrected chi connectivity index (χ0v) is 25.0. The van der Waals surface area contributed by atoms with E-state index >= 15 is 0 Å². The van der Waals surface area contributed by atoms with Crippen molar-refractivity contribution in [3.05, 3.63) is 102 Å². The van der Waals surface area contributed by atoms with Crippen molar-refractivity contribution >= 4 is 33.8 Å². The fourth-order valence-corrected chi connectivity index (χ4v) is 6.54. The van der Waals surface area contributed by atoms with Crippen LogP contribution in [0.15, 0.2) is 89.7 Å². The molecule has 9 heteroatoms. The number of hydrogen-bond acceptors (Lipinski definition) is 6. The predicted molar refractivity (Wildman–Crippen MR) is 167 cm³/mol. The number of oxazole rings is 1. The van der Waals surface area contributed by atoms with Gasteiger partial charge in [-0.2, -0.15) is 5.26 Å². The van der Waals surface area contributed by atoms with Crippen LogP contribution in [0.3, 0.4) is 0 Å². The molecule has 226 valence electrons. The van der Waals surface area contributed by atoms with Crippen molar-refractivity contribution in [1.82, 2.24) is 14.8 Å². The van der Waals surface area contributed by atoms with E-state index in [4.69, 9.17) is 14.1 Å². The Morgan fingerprint density at radius 3 is 2.40 bits per heavy atom. The van der Waals surface area contributed by atoms with Crippen molar-refractivity contribution in [2.45, 2.75) is 44.2 Å². The van der Waals surface area contributed by atoms with E-state index in [0.717, 1.165) is 35.9 Å². The third-order valence-corrected chi connectivity index (χ3v) is 9.17. The Labute approximate surface area is 261 Å². The maximum Gasteiger partial charge on any atom is 0.338 e. The van der Waals surface area contributed by atoms with Gasteiger partial charge in [0.15, 0.2) is 0 Å². The van der Waals surface area contributed by atoms with Gasteiger partial charge in [0.1, 0.15) is 11.4 Å². The first-order valence-corrected chi connectivity index (χ1v) is 15.5. The van der Waals surface area contributed by atoms with Crippen molar-refractivity contribution in [3.8, 4) is 11.8 Å². The Balaban J connectivity index is 1.17. The van der Waals surface area contributed by atoms with E-state index in [9.17, 15) is 14.9 Å².